The van der Waals surface area contributed by atoms with Crippen LogP contribution >= 0.6 is 22.6 Å². The molecule has 0 saturated heterocycles. The van der Waals surface area contributed by atoms with Gasteiger partial charge in [-0.15, -0.1) is 0 Å². The van der Waals surface area contributed by atoms with E-state index in [0.717, 1.165) is 5.65 Å². The molecule has 2 aromatic rings. The fourth-order valence-electron chi connectivity index (χ4n) is 1.08. The summed E-state index contributed by atoms with van der Waals surface area (Å²) in [6, 6.07) is 4.08. The van der Waals surface area contributed by atoms with E-state index in [4.69, 9.17) is 0 Å². The zero-order valence-corrected chi connectivity index (χ0v) is 10.2. The highest BCUT2D eigenvalue weighted by Crippen LogP contribution is 2.09. The van der Waals surface area contributed by atoms with Crippen LogP contribution in [0, 0.1) is 10.5 Å². The summed E-state index contributed by atoms with van der Waals surface area (Å²) in [6.07, 6.45) is 3.96. The molecule has 0 radical (unpaired) electrons. The molecule has 0 aliphatic heterocycles. The van der Waals surface area contributed by atoms with E-state index in [9.17, 15) is 0 Å². The summed E-state index contributed by atoms with van der Waals surface area (Å²) in [4.78, 5) is 4.22. The number of halogens is 1. The molecule has 0 saturated carbocycles. The smallest absolute Gasteiger partial charge is 0.136 e. The van der Waals surface area contributed by atoms with Crippen LogP contribution in [0.25, 0.3) is 5.65 Å². The van der Waals surface area contributed by atoms with Crippen LogP contribution in [0.4, 0.5) is 0 Å². The van der Waals surface area contributed by atoms with Crippen LogP contribution < -0.4 is 0 Å². The lowest BCUT2D eigenvalue weighted by Crippen LogP contribution is -1.86. The molecular formula is C10H13IN2. The maximum atomic E-state index is 4.22. The number of pyridine rings is 1. The molecule has 2 nitrogen and oxygen atoms in total. The highest BCUT2D eigenvalue weighted by molar-refractivity contribution is 14.1. The Morgan fingerprint density at radius 3 is 2.69 bits per heavy atom. The van der Waals surface area contributed by atoms with Gasteiger partial charge in [0, 0.05) is 21.7 Å². The Balaban J connectivity index is 0.000000396. The van der Waals surface area contributed by atoms with Gasteiger partial charge in [0.05, 0.1) is 0 Å². The van der Waals surface area contributed by atoms with Gasteiger partial charge in [0.2, 0.25) is 0 Å². The maximum absolute atomic E-state index is 4.22. The molecule has 2 aromatic heterocycles. The van der Waals surface area contributed by atoms with E-state index in [1.807, 2.05) is 26.1 Å². The van der Waals surface area contributed by atoms with Gasteiger partial charge in [-0.2, -0.15) is 0 Å². The van der Waals surface area contributed by atoms with Crippen molar-refractivity contribution in [3.63, 3.8) is 0 Å². The fourth-order valence-corrected chi connectivity index (χ4v) is 1.53. The Morgan fingerprint density at radius 2 is 2.00 bits per heavy atom. The first-order valence-electron chi connectivity index (χ1n) is 4.36. The van der Waals surface area contributed by atoms with Gasteiger partial charge in [0.15, 0.2) is 0 Å². The number of aryl methyl sites for hydroxylation is 1. The molecule has 13 heavy (non-hydrogen) atoms. The molecule has 0 atom stereocenters. The normalized spacial score (nSPS) is 9.54. The Kier molecular flexibility index (Phi) is 3.71. The molecule has 0 fully saturated rings. The minimum absolute atomic E-state index is 1.02. The standard InChI is InChI=1S/C8H7IN2.C2H6/c1-6-4-10-8-3-2-7(9)5-11(6)8;1-2/h2-5H,1H3;1-2H3. The summed E-state index contributed by atoms with van der Waals surface area (Å²) in [6.45, 7) is 6.05. The van der Waals surface area contributed by atoms with Crippen LogP contribution in [0.1, 0.15) is 19.5 Å². The van der Waals surface area contributed by atoms with E-state index >= 15 is 0 Å². The first-order valence-corrected chi connectivity index (χ1v) is 5.44. The van der Waals surface area contributed by atoms with Crippen LogP contribution in [-0.4, -0.2) is 9.38 Å². The fraction of sp³-hybridized carbons (Fsp3) is 0.300. The molecule has 0 spiro atoms. The topological polar surface area (TPSA) is 17.3 Å². The monoisotopic (exact) mass is 288 g/mol. The number of hydrogen-bond acceptors (Lipinski definition) is 1. The van der Waals surface area contributed by atoms with E-state index in [1.165, 1.54) is 9.26 Å². The number of imidazole rings is 1. The van der Waals surface area contributed by atoms with E-state index in [2.05, 4.69) is 51.2 Å². The summed E-state index contributed by atoms with van der Waals surface area (Å²) < 4.78 is 3.32. The van der Waals surface area contributed by atoms with Crippen LogP contribution in [0.15, 0.2) is 24.5 Å². The second-order valence-corrected chi connectivity index (χ2v) is 3.72. The van der Waals surface area contributed by atoms with Crippen molar-refractivity contribution in [1.29, 1.82) is 0 Å². The van der Waals surface area contributed by atoms with Crippen molar-refractivity contribution in [2.45, 2.75) is 20.8 Å². The van der Waals surface area contributed by atoms with Gasteiger partial charge in [-0.25, -0.2) is 4.98 Å². The SMILES string of the molecule is CC.Cc1cnc2ccc(I)cn12. The lowest BCUT2D eigenvalue weighted by atomic mass is 10.4. The van der Waals surface area contributed by atoms with Gasteiger partial charge in [-0.05, 0) is 41.6 Å². The summed E-state index contributed by atoms with van der Waals surface area (Å²) in [5.74, 6) is 0. The highest BCUT2D eigenvalue weighted by Gasteiger charge is 1.96. The van der Waals surface area contributed by atoms with Crippen LogP contribution in [0.2, 0.25) is 0 Å². The summed E-state index contributed by atoms with van der Waals surface area (Å²) >= 11 is 2.29. The van der Waals surface area contributed by atoms with E-state index in [0.29, 0.717) is 0 Å². The molecule has 0 aliphatic carbocycles. The van der Waals surface area contributed by atoms with Crippen molar-refractivity contribution in [2.75, 3.05) is 0 Å². The first kappa shape index (κ1) is 10.5. The first-order chi connectivity index (χ1) is 6.27. The van der Waals surface area contributed by atoms with E-state index < -0.39 is 0 Å². The van der Waals surface area contributed by atoms with Crippen molar-refractivity contribution in [3.05, 3.63) is 33.8 Å². The third kappa shape index (κ3) is 2.21. The Labute approximate surface area is 92.1 Å². The Bertz CT molecular complexity index is 393. The van der Waals surface area contributed by atoms with Gasteiger partial charge in [-0.1, -0.05) is 13.8 Å². The van der Waals surface area contributed by atoms with E-state index in [-0.39, 0.29) is 0 Å². The average Bonchev–Trinajstić information content (AvgIpc) is 2.52. The molecule has 0 aromatic carbocycles. The van der Waals surface area contributed by atoms with Crippen molar-refractivity contribution in [2.24, 2.45) is 0 Å². The lowest BCUT2D eigenvalue weighted by molar-refractivity contribution is 1.10. The van der Waals surface area contributed by atoms with Gasteiger partial charge in [0.25, 0.3) is 0 Å². The van der Waals surface area contributed by atoms with Gasteiger partial charge in [-0.3, -0.25) is 0 Å². The van der Waals surface area contributed by atoms with Crippen molar-refractivity contribution in [3.8, 4) is 0 Å². The Morgan fingerprint density at radius 1 is 1.31 bits per heavy atom. The molecule has 0 bridgehead atoms. The summed E-state index contributed by atoms with van der Waals surface area (Å²) in [7, 11) is 0. The zero-order chi connectivity index (χ0) is 9.84. The zero-order valence-electron chi connectivity index (χ0n) is 8.08. The third-order valence-electron chi connectivity index (χ3n) is 1.65. The number of aromatic nitrogens is 2. The molecule has 0 amide bonds. The predicted octanol–water partition coefficient (Wildman–Crippen LogP) is 3.27. The number of fused-ring (bicyclic) bond motifs is 1. The summed E-state index contributed by atoms with van der Waals surface area (Å²) in [5, 5.41) is 0. The molecule has 70 valence electrons. The quantitative estimate of drug-likeness (QED) is 0.680. The van der Waals surface area contributed by atoms with Crippen molar-refractivity contribution < 1.29 is 0 Å². The van der Waals surface area contributed by atoms with Crippen LogP contribution in [-0.2, 0) is 0 Å². The molecule has 2 rings (SSSR count). The predicted molar refractivity (Wildman–Crippen MR) is 64.0 cm³/mol. The van der Waals surface area contributed by atoms with E-state index in [1.54, 1.807) is 0 Å². The average molecular weight is 288 g/mol. The number of rotatable bonds is 0. The minimum Gasteiger partial charge on any atom is -0.303 e. The molecule has 0 N–H and O–H groups in total. The Hall–Kier alpha value is -0.580. The lowest BCUT2D eigenvalue weighted by Gasteiger charge is -1.95. The highest BCUT2D eigenvalue weighted by atomic mass is 127. The van der Waals surface area contributed by atoms with Crippen molar-refractivity contribution in [1.82, 2.24) is 9.38 Å². The second kappa shape index (κ2) is 4.60. The van der Waals surface area contributed by atoms with Gasteiger partial charge >= 0.3 is 0 Å². The molecular weight excluding hydrogens is 275 g/mol. The summed E-state index contributed by atoms with van der Waals surface area (Å²) in [5.41, 5.74) is 2.20. The molecule has 3 heteroatoms. The van der Waals surface area contributed by atoms with Gasteiger partial charge < -0.3 is 4.40 Å². The largest absolute Gasteiger partial charge is 0.303 e. The van der Waals surface area contributed by atoms with Crippen LogP contribution in [0.3, 0.4) is 0 Å². The second-order valence-electron chi connectivity index (χ2n) is 2.48. The number of nitrogens with zero attached hydrogens (tertiary/aromatic N) is 2. The third-order valence-corrected chi connectivity index (χ3v) is 2.29. The molecule has 2 heterocycles. The number of hydrogen-bond donors (Lipinski definition) is 0. The van der Waals surface area contributed by atoms with Crippen LogP contribution in [0.5, 0.6) is 0 Å². The molecule has 0 unspecified atom stereocenters. The van der Waals surface area contributed by atoms with Crippen molar-refractivity contribution >= 4 is 28.2 Å². The molecule has 0 aliphatic rings. The van der Waals surface area contributed by atoms with Gasteiger partial charge in [0.1, 0.15) is 5.65 Å². The minimum atomic E-state index is 1.02. The maximum Gasteiger partial charge on any atom is 0.136 e.